The molecule has 0 radical (unpaired) electrons. The number of hydrogen-bond acceptors (Lipinski definition) is 5. The van der Waals surface area contributed by atoms with E-state index < -0.39 is 0 Å². The van der Waals surface area contributed by atoms with Gasteiger partial charge in [0.15, 0.2) is 5.13 Å². The van der Waals surface area contributed by atoms with E-state index >= 15 is 0 Å². The van der Waals surface area contributed by atoms with Crippen molar-refractivity contribution in [2.75, 3.05) is 39.2 Å². The maximum atomic E-state index is 13.4. The van der Waals surface area contributed by atoms with E-state index in [1.165, 1.54) is 5.56 Å². The minimum Gasteiger partial charge on any atom is -0.496 e. The molecule has 3 rings (SSSR count). The molecule has 0 aliphatic heterocycles. The Labute approximate surface area is 170 Å². The van der Waals surface area contributed by atoms with Crippen LogP contribution < -0.4 is 9.64 Å². The average Bonchev–Trinajstić information content (AvgIpc) is 3.08. The summed E-state index contributed by atoms with van der Waals surface area (Å²) in [6.07, 6.45) is 0.863. The van der Waals surface area contributed by atoms with Gasteiger partial charge in [0.05, 0.1) is 22.9 Å². The SMILES string of the molecule is COc1ccccc1C(=O)N(CCCN(C)C)c1nc2c(C)cc(C)cc2s1. The molecule has 28 heavy (non-hydrogen) atoms. The number of carbonyl (C=O) groups excluding carboxylic acids is 1. The van der Waals surface area contributed by atoms with Crippen molar-refractivity contribution >= 4 is 32.6 Å². The number of amides is 1. The zero-order chi connectivity index (χ0) is 20.3. The minimum atomic E-state index is -0.0790. The second kappa shape index (κ2) is 8.71. The summed E-state index contributed by atoms with van der Waals surface area (Å²) in [4.78, 5) is 22.2. The summed E-state index contributed by atoms with van der Waals surface area (Å²) in [6, 6.07) is 11.6. The van der Waals surface area contributed by atoms with Gasteiger partial charge in [-0.05, 0) is 70.2 Å². The summed E-state index contributed by atoms with van der Waals surface area (Å²) in [5, 5.41) is 0.735. The number of hydrogen-bond donors (Lipinski definition) is 0. The fourth-order valence-corrected chi connectivity index (χ4v) is 4.44. The number of para-hydroxylation sites is 1. The van der Waals surface area contributed by atoms with Gasteiger partial charge in [-0.2, -0.15) is 0 Å². The molecule has 3 aromatic rings. The first-order valence-corrected chi connectivity index (χ1v) is 10.2. The number of ether oxygens (including phenoxy) is 1. The van der Waals surface area contributed by atoms with Gasteiger partial charge in [0.1, 0.15) is 5.75 Å². The smallest absolute Gasteiger partial charge is 0.263 e. The molecule has 0 saturated carbocycles. The first-order valence-electron chi connectivity index (χ1n) is 9.38. The standard InChI is InChI=1S/C22H27N3O2S/c1-15-13-16(2)20-19(14-15)28-22(23-20)25(12-8-11-24(3)4)21(26)17-9-6-7-10-18(17)27-5/h6-7,9-10,13-14H,8,11-12H2,1-5H3. The molecular formula is C22H27N3O2S. The van der Waals surface area contributed by atoms with Gasteiger partial charge in [0.2, 0.25) is 0 Å². The lowest BCUT2D eigenvalue weighted by atomic mass is 10.1. The summed E-state index contributed by atoms with van der Waals surface area (Å²) in [7, 11) is 5.67. The van der Waals surface area contributed by atoms with E-state index in [9.17, 15) is 4.79 Å². The summed E-state index contributed by atoms with van der Waals surface area (Å²) in [6.45, 7) is 5.66. The predicted molar refractivity (Wildman–Crippen MR) is 117 cm³/mol. The zero-order valence-electron chi connectivity index (χ0n) is 17.2. The topological polar surface area (TPSA) is 45.7 Å². The van der Waals surface area contributed by atoms with E-state index in [0.717, 1.165) is 33.9 Å². The van der Waals surface area contributed by atoms with Crippen LogP contribution in [0.2, 0.25) is 0 Å². The molecule has 0 bridgehead atoms. The van der Waals surface area contributed by atoms with E-state index in [2.05, 4.69) is 30.9 Å². The number of rotatable bonds is 7. The van der Waals surface area contributed by atoms with Crippen LogP contribution in [0, 0.1) is 13.8 Å². The van der Waals surface area contributed by atoms with Crippen molar-refractivity contribution < 1.29 is 9.53 Å². The van der Waals surface area contributed by atoms with Crippen molar-refractivity contribution in [3.8, 4) is 5.75 Å². The van der Waals surface area contributed by atoms with Gasteiger partial charge in [-0.1, -0.05) is 29.5 Å². The molecule has 1 aromatic heterocycles. The van der Waals surface area contributed by atoms with Crippen LogP contribution >= 0.6 is 11.3 Å². The Morgan fingerprint density at radius 1 is 1.14 bits per heavy atom. The van der Waals surface area contributed by atoms with E-state index in [4.69, 9.17) is 9.72 Å². The molecule has 0 aliphatic rings. The number of benzene rings is 2. The number of carbonyl (C=O) groups is 1. The van der Waals surface area contributed by atoms with Crippen LogP contribution in [0.25, 0.3) is 10.2 Å². The lowest BCUT2D eigenvalue weighted by Gasteiger charge is -2.22. The second-order valence-corrected chi connectivity index (χ2v) is 8.25. The van der Waals surface area contributed by atoms with Crippen LogP contribution in [0.4, 0.5) is 5.13 Å². The fraction of sp³-hybridized carbons (Fsp3) is 0.364. The maximum absolute atomic E-state index is 13.4. The number of methoxy groups -OCH3 is 1. The van der Waals surface area contributed by atoms with Crippen molar-refractivity contribution in [1.29, 1.82) is 0 Å². The molecule has 0 fully saturated rings. The third-order valence-corrected chi connectivity index (χ3v) is 5.64. The van der Waals surface area contributed by atoms with Crippen LogP contribution in [0.15, 0.2) is 36.4 Å². The average molecular weight is 398 g/mol. The Hall–Kier alpha value is -2.44. The van der Waals surface area contributed by atoms with E-state index in [1.54, 1.807) is 23.3 Å². The Morgan fingerprint density at radius 3 is 2.61 bits per heavy atom. The summed E-state index contributed by atoms with van der Waals surface area (Å²) >= 11 is 1.57. The zero-order valence-corrected chi connectivity index (χ0v) is 18.0. The monoisotopic (exact) mass is 397 g/mol. The molecule has 0 atom stereocenters. The molecule has 6 heteroatoms. The summed E-state index contributed by atoms with van der Waals surface area (Å²) < 4.78 is 6.53. The molecule has 0 aliphatic carbocycles. The summed E-state index contributed by atoms with van der Waals surface area (Å²) in [5.41, 5.74) is 3.86. The van der Waals surface area contributed by atoms with Crippen molar-refractivity contribution in [2.24, 2.45) is 0 Å². The highest BCUT2D eigenvalue weighted by atomic mass is 32.1. The van der Waals surface area contributed by atoms with Crippen LogP contribution in [0.1, 0.15) is 27.9 Å². The number of aryl methyl sites for hydroxylation is 2. The summed E-state index contributed by atoms with van der Waals surface area (Å²) in [5.74, 6) is 0.503. The van der Waals surface area contributed by atoms with Crippen molar-refractivity contribution in [3.63, 3.8) is 0 Å². The Balaban J connectivity index is 2.01. The molecule has 1 heterocycles. The van der Waals surface area contributed by atoms with Crippen molar-refractivity contribution in [1.82, 2.24) is 9.88 Å². The van der Waals surface area contributed by atoms with Gasteiger partial charge in [-0.25, -0.2) is 4.98 Å². The largest absolute Gasteiger partial charge is 0.496 e. The highest BCUT2D eigenvalue weighted by Gasteiger charge is 2.24. The lowest BCUT2D eigenvalue weighted by Crippen LogP contribution is -2.33. The predicted octanol–water partition coefficient (Wildman–Crippen LogP) is 4.52. The van der Waals surface area contributed by atoms with Crippen molar-refractivity contribution in [2.45, 2.75) is 20.3 Å². The molecule has 0 spiro atoms. The van der Waals surface area contributed by atoms with Gasteiger partial charge >= 0.3 is 0 Å². The number of fused-ring (bicyclic) bond motifs is 1. The van der Waals surface area contributed by atoms with E-state index in [0.29, 0.717) is 17.9 Å². The van der Waals surface area contributed by atoms with E-state index in [-0.39, 0.29) is 5.91 Å². The van der Waals surface area contributed by atoms with Crippen LogP contribution in [0.3, 0.4) is 0 Å². The van der Waals surface area contributed by atoms with Crippen LogP contribution in [-0.2, 0) is 0 Å². The molecule has 0 N–H and O–H groups in total. The van der Waals surface area contributed by atoms with Gasteiger partial charge < -0.3 is 9.64 Å². The van der Waals surface area contributed by atoms with Gasteiger partial charge in [-0.15, -0.1) is 0 Å². The third-order valence-electron chi connectivity index (χ3n) is 4.62. The van der Waals surface area contributed by atoms with E-state index in [1.807, 2.05) is 38.4 Å². The second-order valence-electron chi connectivity index (χ2n) is 7.24. The maximum Gasteiger partial charge on any atom is 0.263 e. The normalized spacial score (nSPS) is 11.2. The molecule has 0 saturated heterocycles. The Bertz CT molecular complexity index is 981. The fourth-order valence-electron chi connectivity index (χ4n) is 3.27. The van der Waals surface area contributed by atoms with Gasteiger partial charge in [-0.3, -0.25) is 9.69 Å². The molecule has 148 valence electrons. The number of aromatic nitrogens is 1. The number of anilines is 1. The molecule has 0 unspecified atom stereocenters. The quantitative estimate of drug-likeness (QED) is 0.588. The van der Waals surface area contributed by atoms with Crippen LogP contribution in [-0.4, -0.2) is 50.1 Å². The number of thiazole rings is 1. The van der Waals surface area contributed by atoms with Gasteiger partial charge in [0.25, 0.3) is 5.91 Å². The lowest BCUT2D eigenvalue weighted by molar-refractivity contribution is 0.0983. The van der Waals surface area contributed by atoms with Gasteiger partial charge in [0, 0.05) is 6.54 Å². The first kappa shape index (κ1) is 20.3. The Kier molecular flexibility index (Phi) is 6.31. The highest BCUT2D eigenvalue weighted by molar-refractivity contribution is 7.22. The highest BCUT2D eigenvalue weighted by Crippen LogP contribution is 2.33. The first-order chi connectivity index (χ1) is 13.4. The molecule has 2 aromatic carbocycles. The third kappa shape index (κ3) is 4.34. The molecule has 5 nitrogen and oxygen atoms in total. The molecule has 1 amide bonds. The number of nitrogens with zero attached hydrogens (tertiary/aromatic N) is 3. The van der Waals surface area contributed by atoms with Crippen LogP contribution in [0.5, 0.6) is 5.75 Å². The van der Waals surface area contributed by atoms with Crippen molar-refractivity contribution in [3.05, 3.63) is 53.1 Å². The molecular weight excluding hydrogens is 370 g/mol. The minimum absolute atomic E-state index is 0.0790. The Morgan fingerprint density at radius 2 is 1.89 bits per heavy atom.